The first kappa shape index (κ1) is 16.3. The van der Waals surface area contributed by atoms with Crippen LogP contribution in [0.1, 0.15) is 71.6 Å². The van der Waals surface area contributed by atoms with Crippen molar-refractivity contribution < 1.29 is 9.84 Å². The van der Waals surface area contributed by atoms with Gasteiger partial charge in [0.25, 0.3) is 0 Å². The smallest absolute Gasteiger partial charge is 0.0613 e. The van der Waals surface area contributed by atoms with Crippen LogP contribution in [-0.2, 0) is 4.74 Å². The second-order valence-electron chi connectivity index (χ2n) is 6.99. The van der Waals surface area contributed by atoms with E-state index in [-0.39, 0.29) is 12.1 Å². The molecule has 20 heavy (non-hydrogen) atoms. The Labute approximate surface area is 124 Å². The molecule has 2 N–H and O–H groups in total. The lowest BCUT2D eigenvalue weighted by Gasteiger charge is -2.33. The van der Waals surface area contributed by atoms with Crippen LogP contribution in [-0.4, -0.2) is 36.0 Å². The molecule has 118 valence electrons. The van der Waals surface area contributed by atoms with Crippen molar-refractivity contribution in [2.24, 2.45) is 5.92 Å². The molecule has 0 bridgehead atoms. The predicted octanol–water partition coefficient (Wildman–Crippen LogP) is 3.26. The van der Waals surface area contributed by atoms with Gasteiger partial charge in [-0.3, -0.25) is 0 Å². The third-order valence-corrected chi connectivity index (χ3v) is 5.23. The van der Waals surface area contributed by atoms with Gasteiger partial charge in [0.1, 0.15) is 0 Å². The fourth-order valence-corrected chi connectivity index (χ4v) is 3.42. The number of rotatable bonds is 9. The molecule has 0 aromatic carbocycles. The van der Waals surface area contributed by atoms with Crippen LogP contribution < -0.4 is 5.32 Å². The highest BCUT2D eigenvalue weighted by atomic mass is 16.5. The molecular weight excluding hydrogens is 250 g/mol. The van der Waals surface area contributed by atoms with E-state index < -0.39 is 0 Å². The summed E-state index contributed by atoms with van der Waals surface area (Å²) >= 11 is 0. The predicted molar refractivity (Wildman–Crippen MR) is 82.9 cm³/mol. The van der Waals surface area contributed by atoms with E-state index in [9.17, 15) is 5.11 Å². The normalized spacial score (nSPS) is 30.1. The molecular formula is C17H33NO2. The first-order chi connectivity index (χ1) is 9.69. The molecule has 2 aliphatic rings. The van der Waals surface area contributed by atoms with E-state index in [2.05, 4.69) is 19.2 Å². The number of aliphatic hydroxyl groups excluding tert-OH is 1. The maximum atomic E-state index is 9.74. The number of nitrogens with one attached hydrogen (secondary N) is 1. The van der Waals surface area contributed by atoms with Crippen LogP contribution in [0.3, 0.4) is 0 Å². The van der Waals surface area contributed by atoms with Crippen LogP contribution in [0.25, 0.3) is 0 Å². The van der Waals surface area contributed by atoms with Gasteiger partial charge in [-0.1, -0.05) is 26.7 Å². The Hall–Kier alpha value is -0.120. The van der Waals surface area contributed by atoms with Crippen molar-refractivity contribution in [2.45, 2.75) is 89.3 Å². The van der Waals surface area contributed by atoms with E-state index in [0.29, 0.717) is 12.1 Å². The summed E-state index contributed by atoms with van der Waals surface area (Å²) in [5.41, 5.74) is -0.0668. The van der Waals surface area contributed by atoms with E-state index in [1.165, 1.54) is 38.5 Å². The summed E-state index contributed by atoms with van der Waals surface area (Å²) in [6.07, 6.45) is 11.4. The quantitative estimate of drug-likeness (QED) is 0.638. The average Bonchev–Trinajstić information content (AvgIpc) is 3.28. The molecule has 2 saturated carbocycles. The number of ether oxygens (including phenoxy) is 1. The van der Waals surface area contributed by atoms with E-state index in [1.54, 1.807) is 0 Å². The Morgan fingerprint density at radius 3 is 2.55 bits per heavy atom. The standard InChI is InChI=1S/C17H33NO2/c1-3-17(13-19,18-15-9-10-15)11-6-12-20-16-8-5-4-7-14(16)2/h14-16,18-19H,3-13H2,1-2H3. The lowest BCUT2D eigenvalue weighted by molar-refractivity contribution is -0.0101. The number of hydrogen-bond donors (Lipinski definition) is 2. The summed E-state index contributed by atoms with van der Waals surface area (Å²) in [6, 6.07) is 0.654. The second kappa shape index (κ2) is 7.77. The molecule has 0 aliphatic heterocycles. The minimum absolute atomic E-state index is 0.0668. The molecule has 0 amide bonds. The maximum Gasteiger partial charge on any atom is 0.0613 e. The SMILES string of the molecule is CCC(CO)(CCCOC1CCCCC1C)NC1CC1. The lowest BCUT2D eigenvalue weighted by Crippen LogP contribution is -2.49. The summed E-state index contributed by atoms with van der Waals surface area (Å²) in [5.74, 6) is 0.724. The zero-order valence-electron chi connectivity index (χ0n) is 13.4. The molecule has 0 aromatic rings. The largest absolute Gasteiger partial charge is 0.394 e. The first-order valence-corrected chi connectivity index (χ1v) is 8.69. The van der Waals surface area contributed by atoms with E-state index in [0.717, 1.165) is 31.8 Å². The summed E-state index contributed by atoms with van der Waals surface area (Å²) in [4.78, 5) is 0. The van der Waals surface area contributed by atoms with E-state index in [4.69, 9.17) is 4.74 Å². The van der Waals surface area contributed by atoms with Crippen LogP contribution >= 0.6 is 0 Å². The number of hydrogen-bond acceptors (Lipinski definition) is 3. The van der Waals surface area contributed by atoms with Crippen molar-refractivity contribution in [3.05, 3.63) is 0 Å². The summed E-state index contributed by atoms with van der Waals surface area (Å²) in [6.45, 7) is 5.60. The van der Waals surface area contributed by atoms with Crippen molar-refractivity contribution >= 4 is 0 Å². The van der Waals surface area contributed by atoms with Crippen molar-refractivity contribution in [2.75, 3.05) is 13.2 Å². The Morgan fingerprint density at radius 1 is 1.20 bits per heavy atom. The molecule has 3 nitrogen and oxygen atoms in total. The van der Waals surface area contributed by atoms with Gasteiger partial charge in [-0.15, -0.1) is 0 Å². The van der Waals surface area contributed by atoms with Crippen LogP contribution in [0.4, 0.5) is 0 Å². The van der Waals surface area contributed by atoms with Gasteiger partial charge in [0.15, 0.2) is 0 Å². The lowest BCUT2D eigenvalue weighted by atomic mass is 9.88. The minimum atomic E-state index is -0.0668. The molecule has 2 fully saturated rings. The fraction of sp³-hybridized carbons (Fsp3) is 1.00. The van der Waals surface area contributed by atoms with Crippen LogP contribution in [0.2, 0.25) is 0 Å². The van der Waals surface area contributed by atoms with Crippen LogP contribution in [0.5, 0.6) is 0 Å². The van der Waals surface area contributed by atoms with Crippen molar-refractivity contribution in [1.29, 1.82) is 0 Å². The zero-order chi connectivity index (χ0) is 14.4. The highest BCUT2D eigenvalue weighted by Crippen LogP contribution is 2.28. The molecule has 0 spiro atoms. The minimum Gasteiger partial charge on any atom is -0.394 e. The van der Waals surface area contributed by atoms with Gasteiger partial charge >= 0.3 is 0 Å². The van der Waals surface area contributed by atoms with Gasteiger partial charge in [-0.05, 0) is 50.9 Å². The van der Waals surface area contributed by atoms with Crippen LogP contribution in [0, 0.1) is 5.92 Å². The van der Waals surface area contributed by atoms with Gasteiger partial charge in [-0.2, -0.15) is 0 Å². The highest BCUT2D eigenvalue weighted by Gasteiger charge is 2.34. The van der Waals surface area contributed by atoms with Crippen molar-refractivity contribution in [3.8, 4) is 0 Å². The van der Waals surface area contributed by atoms with E-state index >= 15 is 0 Å². The average molecular weight is 283 g/mol. The maximum absolute atomic E-state index is 9.74. The molecule has 3 unspecified atom stereocenters. The number of aliphatic hydroxyl groups is 1. The molecule has 2 rings (SSSR count). The molecule has 0 saturated heterocycles. The topological polar surface area (TPSA) is 41.5 Å². The van der Waals surface area contributed by atoms with E-state index in [1.807, 2.05) is 0 Å². The molecule has 0 aromatic heterocycles. The van der Waals surface area contributed by atoms with Crippen molar-refractivity contribution in [1.82, 2.24) is 5.32 Å². The summed E-state index contributed by atoms with van der Waals surface area (Å²) in [5, 5.41) is 13.4. The summed E-state index contributed by atoms with van der Waals surface area (Å²) in [7, 11) is 0. The van der Waals surface area contributed by atoms with Gasteiger partial charge in [0, 0.05) is 18.2 Å². The third kappa shape index (κ3) is 4.71. The highest BCUT2D eigenvalue weighted by molar-refractivity contribution is 4.94. The monoisotopic (exact) mass is 283 g/mol. The fourth-order valence-electron chi connectivity index (χ4n) is 3.42. The Morgan fingerprint density at radius 2 is 1.95 bits per heavy atom. The zero-order valence-corrected chi connectivity index (χ0v) is 13.4. The third-order valence-electron chi connectivity index (χ3n) is 5.23. The second-order valence-corrected chi connectivity index (χ2v) is 6.99. The molecule has 3 atom stereocenters. The Bertz CT molecular complexity index is 274. The van der Waals surface area contributed by atoms with Gasteiger partial charge in [0.2, 0.25) is 0 Å². The Balaban J connectivity index is 1.67. The van der Waals surface area contributed by atoms with Crippen molar-refractivity contribution in [3.63, 3.8) is 0 Å². The van der Waals surface area contributed by atoms with Crippen LogP contribution in [0.15, 0.2) is 0 Å². The van der Waals surface area contributed by atoms with Gasteiger partial charge in [0.05, 0.1) is 12.7 Å². The molecule has 0 radical (unpaired) electrons. The summed E-state index contributed by atoms with van der Waals surface area (Å²) < 4.78 is 6.09. The molecule has 3 heteroatoms. The van der Waals surface area contributed by atoms with Gasteiger partial charge < -0.3 is 15.2 Å². The van der Waals surface area contributed by atoms with Gasteiger partial charge in [-0.25, -0.2) is 0 Å². The first-order valence-electron chi connectivity index (χ1n) is 8.69. The Kier molecular flexibility index (Phi) is 6.31. The molecule has 2 aliphatic carbocycles. The molecule has 0 heterocycles.